The van der Waals surface area contributed by atoms with Crippen molar-refractivity contribution in [1.29, 1.82) is 0 Å². The molecule has 1 aromatic heterocycles. The molecule has 192 valence electrons. The van der Waals surface area contributed by atoms with E-state index in [1.165, 1.54) is 16.4 Å². The minimum atomic E-state index is -3.79. The van der Waals surface area contributed by atoms with Crippen molar-refractivity contribution in [1.82, 2.24) is 19.1 Å². The van der Waals surface area contributed by atoms with E-state index in [0.29, 0.717) is 19.5 Å². The maximum absolute atomic E-state index is 13.4. The van der Waals surface area contributed by atoms with E-state index in [-0.39, 0.29) is 23.9 Å². The number of halogens is 1. The molecule has 1 amide bonds. The van der Waals surface area contributed by atoms with E-state index in [2.05, 4.69) is 10.2 Å². The predicted molar refractivity (Wildman–Crippen MR) is 135 cm³/mol. The second-order valence-electron chi connectivity index (χ2n) is 9.23. The summed E-state index contributed by atoms with van der Waals surface area (Å²) in [4.78, 5) is 15.3. The van der Waals surface area contributed by atoms with Crippen LogP contribution in [0.2, 0.25) is 0 Å². The molecule has 0 bridgehead atoms. The minimum Gasteiger partial charge on any atom is -0.379 e. The number of ether oxygens (including phenoxy) is 1. The van der Waals surface area contributed by atoms with Crippen molar-refractivity contribution in [3.05, 3.63) is 65.6 Å². The number of amides is 1. The van der Waals surface area contributed by atoms with Crippen molar-refractivity contribution in [2.75, 3.05) is 45.9 Å². The first kappa shape index (κ1) is 24.9. The smallest absolute Gasteiger partial charge is 0.243 e. The molecule has 2 aliphatic heterocycles. The van der Waals surface area contributed by atoms with E-state index in [0.717, 1.165) is 73.6 Å². The second kappa shape index (κ2) is 10.7. The molecular formula is C26H31FN4O4S. The van der Waals surface area contributed by atoms with E-state index in [1.54, 1.807) is 0 Å². The van der Waals surface area contributed by atoms with Crippen molar-refractivity contribution in [3.8, 4) is 0 Å². The molecular weight excluding hydrogens is 483 g/mol. The highest BCUT2D eigenvalue weighted by atomic mass is 32.2. The molecule has 1 fully saturated rings. The third-order valence-electron chi connectivity index (χ3n) is 6.96. The monoisotopic (exact) mass is 514 g/mol. The molecule has 5 rings (SSSR count). The van der Waals surface area contributed by atoms with Crippen molar-refractivity contribution < 1.29 is 22.3 Å². The fourth-order valence-corrected chi connectivity index (χ4v) is 6.47. The van der Waals surface area contributed by atoms with Gasteiger partial charge in [-0.3, -0.25) is 9.69 Å². The van der Waals surface area contributed by atoms with Crippen LogP contribution in [0.5, 0.6) is 0 Å². The zero-order chi connectivity index (χ0) is 25.1. The van der Waals surface area contributed by atoms with Gasteiger partial charge in [0.2, 0.25) is 15.9 Å². The lowest BCUT2D eigenvalue weighted by Crippen LogP contribution is -2.39. The molecule has 36 heavy (non-hydrogen) atoms. The Labute approximate surface area is 210 Å². The summed E-state index contributed by atoms with van der Waals surface area (Å²) in [7, 11) is -3.79. The third kappa shape index (κ3) is 5.17. The highest BCUT2D eigenvalue weighted by Crippen LogP contribution is 2.33. The third-order valence-corrected chi connectivity index (χ3v) is 8.82. The van der Waals surface area contributed by atoms with Crippen LogP contribution in [0.4, 0.5) is 4.39 Å². The Morgan fingerprint density at radius 1 is 1.03 bits per heavy atom. The van der Waals surface area contributed by atoms with Gasteiger partial charge in [-0.25, -0.2) is 12.8 Å². The fourth-order valence-electron chi connectivity index (χ4n) is 5.07. The van der Waals surface area contributed by atoms with E-state index >= 15 is 0 Å². The van der Waals surface area contributed by atoms with Gasteiger partial charge in [-0.1, -0.05) is 18.2 Å². The summed E-state index contributed by atoms with van der Waals surface area (Å²) in [5, 5.41) is 4.07. The number of nitrogens with one attached hydrogen (secondary N) is 1. The van der Waals surface area contributed by atoms with Crippen LogP contribution in [0.15, 0.2) is 53.4 Å². The van der Waals surface area contributed by atoms with Gasteiger partial charge in [0.1, 0.15) is 12.4 Å². The fraction of sp³-hybridized carbons (Fsp3) is 0.423. The molecule has 2 aromatic carbocycles. The molecule has 0 unspecified atom stereocenters. The molecule has 1 N–H and O–H groups in total. The molecule has 0 atom stereocenters. The van der Waals surface area contributed by atoms with Crippen molar-refractivity contribution in [3.63, 3.8) is 0 Å². The van der Waals surface area contributed by atoms with E-state index in [1.807, 2.05) is 28.8 Å². The number of carbonyl (C=O) groups excluding carboxylic acids is 1. The molecule has 2 aliphatic rings. The Bertz CT molecular complexity index is 1330. The van der Waals surface area contributed by atoms with Crippen LogP contribution in [-0.4, -0.2) is 74.0 Å². The molecule has 0 radical (unpaired) electrons. The molecule has 1 saturated heterocycles. The van der Waals surface area contributed by atoms with Gasteiger partial charge in [-0.2, -0.15) is 4.31 Å². The highest BCUT2D eigenvalue weighted by molar-refractivity contribution is 7.89. The normalized spacial score (nSPS) is 17.2. The predicted octanol–water partition coefficient (Wildman–Crippen LogP) is 2.37. The molecule has 3 aromatic rings. The Hall–Kier alpha value is -2.79. The van der Waals surface area contributed by atoms with Crippen LogP contribution in [0, 0.1) is 5.82 Å². The van der Waals surface area contributed by atoms with Crippen molar-refractivity contribution in [2.45, 2.75) is 30.8 Å². The van der Waals surface area contributed by atoms with E-state index in [4.69, 9.17) is 4.74 Å². The summed E-state index contributed by atoms with van der Waals surface area (Å²) >= 11 is 0. The summed E-state index contributed by atoms with van der Waals surface area (Å²) in [6.07, 6.45) is 1.41. The van der Waals surface area contributed by atoms with Crippen molar-refractivity contribution >= 4 is 26.8 Å². The lowest BCUT2D eigenvalue weighted by atomic mass is 10.0. The zero-order valence-corrected chi connectivity index (χ0v) is 21.0. The summed E-state index contributed by atoms with van der Waals surface area (Å²) in [5.74, 6) is -0.579. The molecule has 8 nitrogen and oxygen atoms in total. The van der Waals surface area contributed by atoms with Crippen LogP contribution < -0.4 is 5.32 Å². The van der Waals surface area contributed by atoms with E-state index < -0.39 is 15.8 Å². The van der Waals surface area contributed by atoms with Crippen LogP contribution in [-0.2, 0) is 39.1 Å². The molecule has 0 saturated carbocycles. The van der Waals surface area contributed by atoms with Gasteiger partial charge in [0.05, 0.1) is 24.7 Å². The lowest BCUT2D eigenvalue weighted by molar-refractivity contribution is -0.121. The van der Waals surface area contributed by atoms with E-state index in [9.17, 15) is 17.6 Å². The first-order valence-electron chi connectivity index (χ1n) is 12.3. The molecule has 0 aliphatic carbocycles. The molecule has 0 spiro atoms. The number of sulfonamides is 1. The van der Waals surface area contributed by atoms with Crippen molar-refractivity contribution in [2.24, 2.45) is 0 Å². The summed E-state index contributed by atoms with van der Waals surface area (Å²) < 4.78 is 48.6. The maximum Gasteiger partial charge on any atom is 0.243 e. The number of hydrogen-bond acceptors (Lipinski definition) is 5. The van der Waals surface area contributed by atoms with Crippen LogP contribution in [0.1, 0.15) is 17.7 Å². The van der Waals surface area contributed by atoms with Gasteiger partial charge < -0.3 is 14.6 Å². The molecule has 10 heteroatoms. The average molecular weight is 515 g/mol. The zero-order valence-electron chi connectivity index (χ0n) is 20.2. The number of fused-ring (bicyclic) bond motifs is 3. The Kier molecular flexibility index (Phi) is 7.38. The standard InChI is InChI=1S/C26H31FN4O4S/c27-20-6-8-21(9-7-20)36(33,34)30-13-10-23-22-4-1-2-5-24(22)31(25(23)18-30)19-26(32)28-11-3-12-29-14-16-35-17-15-29/h1-2,4-9H,3,10-19H2,(H,28,32). The highest BCUT2D eigenvalue weighted by Gasteiger charge is 2.32. The largest absolute Gasteiger partial charge is 0.379 e. The lowest BCUT2D eigenvalue weighted by Gasteiger charge is -2.28. The quantitative estimate of drug-likeness (QED) is 0.467. The van der Waals surface area contributed by atoms with Gasteiger partial charge in [-0.15, -0.1) is 0 Å². The van der Waals surface area contributed by atoms with Gasteiger partial charge in [0, 0.05) is 42.8 Å². The van der Waals surface area contributed by atoms with Crippen LogP contribution >= 0.6 is 0 Å². The van der Waals surface area contributed by atoms with Crippen LogP contribution in [0.25, 0.3) is 10.9 Å². The number of hydrogen-bond donors (Lipinski definition) is 1. The minimum absolute atomic E-state index is 0.0630. The Morgan fingerprint density at radius 2 is 1.78 bits per heavy atom. The number of carbonyl (C=O) groups is 1. The topological polar surface area (TPSA) is 83.9 Å². The SMILES string of the molecule is O=C(Cn1c2c(c3ccccc31)CCN(S(=O)(=O)c1ccc(F)cc1)C2)NCCCN1CCOCC1. The van der Waals surface area contributed by atoms with Gasteiger partial charge >= 0.3 is 0 Å². The summed E-state index contributed by atoms with van der Waals surface area (Å²) in [5.41, 5.74) is 2.83. The Balaban J connectivity index is 1.31. The first-order valence-corrected chi connectivity index (χ1v) is 13.8. The second-order valence-corrected chi connectivity index (χ2v) is 11.2. The van der Waals surface area contributed by atoms with Gasteiger partial charge in [-0.05, 0) is 55.3 Å². The number of morpholine rings is 1. The molecule has 3 heterocycles. The Morgan fingerprint density at radius 3 is 2.56 bits per heavy atom. The van der Waals surface area contributed by atoms with Gasteiger partial charge in [0.15, 0.2) is 0 Å². The number of aromatic nitrogens is 1. The summed E-state index contributed by atoms with van der Waals surface area (Å²) in [6.45, 7) is 5.47. The first-order chi connectivity index (χ1) is 17.4. The number of nitrogens with zero attached hydrogens (tertiary/aromatic N) is 3. The van der Waals surface area contributed by atoms with Crippen LogP contribution in [0.3, 0.4) is 0 Å². The number of rotatable bonds is 8. The number of para-hydroxylation sites is 1. The number of benzene rings is 2. The average Bonchev–Trinajstić information content (AvgIpc) is 3.20. The van der Waals surface area contributed by atoms with Gasteiger partial charge in [0.25, 0.3) is 0 Å². The summed E-state index contributed by atoms with van der Waals surface area (Å²) in [6, 6.07) is 12.8. The maximum atomic E-state index is 13.4.